The number of hydrogen-bond donors (Lipinski definition) is 0. The fraction of sp³-hybridized carbons (Fsp3) is 0.111. The van der Waals surface area contributed by atoms with Gasteiger partial charge in [0.2, 0.25) is 0 Å². The van der Waals surface area contributed by atoms with Crippen LogP contribution in [0.15, 0.2) is 48.1 Å². The van der Waals surface area contributed by atoms with Crippen molar-refractivity contribution in [2.24, 2.45) is 0 Å². The molecule has 0 radical (unpaired) electrons. The largest absolute Gasteiger partial charge is 0.209 e. The Morgan fingerprint density at radius 2 is 1.54 bits per heavy atom. The quantitative estimate of drug-likeness (QED) is 0.467. The molecule has 0 bridgehead atoms. The van der Waals surface area contributed by atoms with Gasteiger partial charge in [0.1, 0.15) is 11.7 Å². The van der Waals surface area contributed by atoms with Crippen LogP contribution in [0.25, 0.3) is 0 Å². The highest BCUT2D eigenvalue weighted by Crippen LogP contribution is 2.26. The summed E-state index contributed by atoms with van der Waals surface area (Å²) in [6.07, 6.45) is 0.722. The average Bonchev–Trinajstić information content (AvgIpc) is 2.03. The van der Waals surface area contributed by atoms with E-state index in [9.17, 15) is 17.6 Å². The van der Waals surface area contributed by atoms with Crippen LogP contribution in [0, 0.1) is 0 Å². The molecule has 0 amide bonds. The first-order valence-corrected chi connectivity index (χ1v) is 3.31. The molecule has 0 aliphatic rings. The predicted molar refractivity (Wildman–Crippen MR) is 43.5 cm³/mol. The molecule has 0 saturated heterocycles. The van der Waals surface area contributed by atoms with E-state index in [4.69, 9.17) is 0 Å². The summed E-state index contributed by atoms with van der Waals surface area (Å²) in [5.74, 6) is -5.95. The molecule has 0 rings (SSSR count). The van der Waals surface area contributed by atoms with Crippen molar-refractivity contribution in [3.05, 3.63) is 48.1 Å². The standard InChI is InChI=1S/C9H8F4/c1-4-7(5(2)10)9(13)8(12)6(3)11/h4H,1-2H2,3H3/b8-6+,9-7+. The zero-order valence-corrected chi connectivity index (χ0v) is 7.00. The van der Waals surface area contributed by atoms with Crippen LogP contribution in [0.2, 0.25) is 0 Å². The van der Waals surface area contributed by atoms with Crippen molar-refractivity contribution in [1.82, 2.24) is 0 Å². The van der Waals surface area contributed by atoms with Gasteiger partial charge in [-0.15, -0.1) is 0 Å². The molecule has 0 aliphatic carbocycles. The van der Waals surface area contributed by atoms with Crippen LogP contribution < -0.4 is 0 Å². The maximum absolute atomic E-state index is 12.8. The molecule has 72 valence electrons. The number of allylic oxidation sites excluding steroid dienone is 6. The Labute approximate surface area is 73.6 Å². The van der Waals surface area contributed by atoms with Crippen LogP contribution in [0.1, 0.15) is 6.92 Å². The molecule has 0 N–H and O–H groups in total. The summed E-state index contributed by atoms with van der Waals surface area (Å²) in [5.41, 5.74) is -0.783. The zero-order chi connectivity index (χ0) is 10.6. The third kappa shape index (κ3) is 2.89. The summed E-state index contributed by atoms with van der Waals surface area (Å²) < 4.78 is 49.8. The van der Waals surface area contributed by atoms with Crippen LogP contribution in [0.3, 0.4) is 0 Å². The van der Waals surface area contributed by atoms with E-state index in [1.54, 1.807) is 0 Å². The third-order valence-corrected chi connectivity index (χ3v) is 1.23. The Morgan fingerprint density at radius 1 is 1.08 bits per heavy atom. The minimum atomic E-state index is -1.74. The Bertz CT molecular complexity index is 293. The highest BCUT2D eigenvalue weighted by molar-refractivity contribution is 5.41. The molecule has 0 aromatic carbocycles. The average molecular weight is 192 g/mol. The predicted octanol–water partition coefficient (Wildman–Crippen LogP) is 4.05. The van der Waals surface area contributed by atoms with Gasteiger partial charge in [0.25, 0.3) is 0 Å². The third-order valence-electron chi connectivity index (χ3n) is 1.23. The Hall–Kier alpha value is -1.32. The first-order valence-electron chi connectivity index (χ1n) is 3.31. The van der Waals surface area contributed by atoms with Gasteiger partial charge in [0.15, 0.2) is 11.7 Å². The highest BCUT2D eigenvalue weighted by atomic mass is 19.2. The maximum Gasteiger partial charge on any atom is 0.190 e. The van der Waals surface area contributed by atoms with E-state index >= 15 is 0 Å². The van der Waals surface area contributed by atoms with Crippen molar-refractivity contribution in [1.29, 1.82) is 0 Å². The van der Waals surface area contributed by atoms with Crippen molar-refractivity contribution in [2.75, 3.05) is 0 Å². The van der Waals surface area contributed by atoms with Gasteiger partial charge in [-0.05, 0) is 6.92 Å². The molecule has 0 unspecified atom stereocenters. The minimum Gasteiger partial charge on any atom is -0.209 e. The Kier molecular flexibility index (Phi) is 4.17. The normalized spacial score (nSPS) is 14.5. The van der Waals surface area contributed by atoms with Gasteiger partial charge in [0, 0.05) is 5.57 Å². The fourth-order valence-electron chi connectivity index (χ4n) is 0.589. The first kappa shape index (κ1) is 11.7. The van der Waals surface area contributed by atoms with Crippen molar-refractivity contribution in [2.45, 2.75) is 6.92 Å². The molecule has 0 aromatic heterocycles. The van der Waals surface area contributed by atoms with Crippen LogP contribution in [-0.4, -0.2) is 0 Å². The van der Waals surface area contributed by atoms with Gasteiger partial charge in [-0.1, -0.05) is 19.2 Å². The van der Waals surface area contributed by atoms with Crippen molar-refractivity contribution in [3.8, 4) is 0 Å². The molecule has 0 saturated carbocycles. The minimum absolute atomic E-state index is 0.719. The lowest BCUT2D eigenvalue weighted by Gasteiger charge is -1.99. The molecule has 0 heterocycles. The van der Waals surface area contributed by atoms with E-state index in [0.717, 1.165) is 13.0 Å². The summed E-state index contributed by atoms with van der Waals surface area (Å²) >= 11 is 0. The topological polar surface area (TPSA) is 0 Å². The molecule has 0 fully saturated rings. The molecule has 0 aromatic rings. The summed E-state index contributed by atoms with van der Waals surface area (Å²) in [6.45, 7) is 6.50. The van der Waals surface area contributed by atoms with E-state index in [-0.39, 0.29) is 0 Å². The van der Waals surface area contributed by atoms with Crippen molar-refractivity contribution in [3.63, 3.8) is 0 Å². The Morgan fingerprint density at radius 3 is 1.77 bits per heavy atom. The number of rotatable bonds is 3. The van der Waals surface area contributed by atoms with E-state index in [0.29, 0.717) is 0 Å². The van der Waals surface area contributed by atoms with Crippen molar-refractivity contribution < 1.29 is 17.6 Å². The van der Waals surface area contributed by atoms with Crippen LogP contribution in [0.4, 0.5) is 17.6 Å². The van der Waals surface area contributed by atoms with E-state index in [1.807, 2.05) is 0 Å². The van der Waals surface area contributed by atoms with Gasteiger partial charge in [-0.25, -0.2) is 17.6 Å². The molecular formula is C9H8F4. The Balaban J connectivity index is 5.34. The van der Waals surface area contributed by atoms with Crippen LogP contribution in [-0.2, 0) is 0 Å². The molecule has 0 nitrogen and oxygen atoms in total. The summed E-state index contributed by atoms with van der Waals surface area (Å²) in [4.78, 5) is 0. The van der Waals surface area contributed by atoms with Gasteiger partial charge in [-0.2, -0.15) is 0 Å². The van der Waals surface area contributed by atoms with E-state index in [2.05, 4.69) is 13.2 Å². The van der Waals surface area contributed by atoms with E-state index < -0.39 is 28.9 Å². The van der Waals surface area contributed by atoms with Crippen LogP contribution >= 0.6 is 0 Å². The number of halogens is 4. The number of hydrogen-bond acceptors (Lipinski definition) is 0. The van der Waals surface area contributed by atoms with Gasteiger partial charge >= 0.3 is 0 Å². The lowest BCUT2D eigenvalue weighted by molar-refractivity contribution is 0.488. The second-order valence-electron chi connectivity index (χ2n) is 2.18. The fourth-order valence-corrected chi connectivity index (χ4v) is 0.589. The van der Waals surface area contributed by atoms with Gasteiger partial charge in [-0.3, -0.25) is 0 Å². The molecular weight excluding hydrogens is 184 g/mol. The summed E-state index contributed by atoms with van der Waals surface area (Å²) in [6, 6.07) is 0. The zero-order valence-electron chi connectivity index (χ0n) is 7.00. The van der Waals surface area contributed by atoms with Gasteiger partial charge in [0.05, 0.1) is 0 Å². The smallest absolute Gasteiger partial charge is 0.190 e. The lowest BCUT2D eigenvalue weighted by Crippen LogP contribution is -1.87. The maximum atomic E-state index is 12.8. The first-order chi connectivity index (χ1) is 5.91. The second-order valence-corrected chi connectivity index (χ2v) is 2.18. The molecule has 4 heteroatoms. The molecule has 0 spiro atoms. The van der Waals surface area contributed by atoms with Gasteiger partial charge < -0.3 is 0 Å². The lowest BCUT2D eigenvalue weighted by atomic mass is 10.2. The SMILES string of the molecule is C=C/C(C(=C)F)=C(F)/C(F)=C(/C)F. The van der Waals surface area contributed by atoms with Crippen LogP contribution in [0.5, 0.6) is 0 Å². The molecule has 13 heavy (non-hydrogen) atoms. The summed E-state index contributed by atoms with van der Waals surface area (Å²) in [5, 5.41) is 0. The van der Waals surface area contributed by atoms with E-state index in [1.165, 1.54) is 0 Å². The highest BCUT2D eigenvalue weighted by Gasteiger charge is 2.14. The monoisotopic (exact) mass is 192 g/mol. The molecule has 0 aliphatic heterocycles. The summed E-state index contributed by atoms with van der Waals surface area (Å²) in [7, 11) is 0. The second kappa shape index (κ2) is 4.64. The van der Waals surface area contributed by atoms with Crippen molar-refractivity contribution >= 4 is 0 Å². The molecule has 0 atom stereocenters.